The van der Waals surface area contributed by atoms with Gasteiger partial charge in [0, 0.05) is 17.3 Å². The number of carboxylic acids is 1. The molecule has 0 amide bonds. The van der Waals surface area contributed by atoms with Gasteiger partial charge in [0.2, 0.25) is 0 Å². The van der Waals surface area contributed by atoms with Crippen molar-refractivity contribution in [2.75, 3.05) is 6.61 Å². The van der Waals surface area contributed by atoms with Crippen LogP contribution in [0.3, 0.4) is 0 Å². The number of fused-ring (bicyclic) bond motifs is 7. The predicted octanol–water partition coefficient (Wildman–Crippen LogP) is 7.78. The summed E-state index contributed by atoms with van der Waals surface area (Å²) in [5, 5.41) is 9.54. The third-order valence-corrected chi connectivity index (χ3v) is 14.8. The summed E-state index contributed by atoms with van der Waals surface area (Å²) in [6.45, 7) is 20.7. The number of aliphatic carboxylic acids is 1. The van der Waals surface area contributed by atoms with E-state index in [0.717, 1.165) is 57.1 Å². The molecule has 5 fully saturated rings. The summed E-state index contributed by atoms with van der Waals surface area (Å²) >= 11 is 0. The second-order valence-electron chi connectivity index (χ2n) is 17.9. The van der Waals surface area contributed by atoms with Crippen LogP contribution in [0.4, 0.5) is 0 Å². The Bertz CT molecular complexity index is 1260. The lowest BCUT2D eigenvalue weighted by Crippen LogP contribution is -2.66. The second-order valence-corrected chi connectivity index (χ2v) is 17.9. The number of esters is 1. The average molecular weight is 597 g/mol. The molecule has 0 aromatic carbocycles. The van der Waals surface area contributed by atoms with Crippen LogP contribution < -0.4 is 0 Å². The summed E-state index contributed by atoms with van der Waals surface area (Å²) in [4.78, 5) is 38.2. The van der Waals surface area contributed by atoms with Crippen molar-refractivity contribution in [3.05, 3.63) is 11.1 Å². The molecule has 6 aliphatic rings. The Kier molecular flexibility index (Phi) is 7.03. The third-order valence-electron chi connectivity index (χ3n) is 14.8. The lowest BCUT2D eigenvalue weighted by molar-refractivity contribution is -0.233. The van der Waals surface area contributed by atoms with Crippen LogP contribution >= 0.6 is 0 Å². The summed E-state index contributed by atoms with van der Waals surface area (Å²) in [5.74, 6) is 0.716. The first-order valence-corrected chi connectivity index (χ1v) is 17.2. The van der Waals surface area contributed by atoms with Crippen molar-refractivity contribution in [2.24, 2.45) is 56.2 Å². The van der Waals surface area contributed by atoms with E-state index in [2.05, 4.69) is 48.5 Å². The number of allylic oxidation sites excluding steroid dienone is 1. The summed E-state index contributed by atoms with van der Waals surface area (Å²) in [6, 6.07) is 0. The Labute approximate surface area is 259 Å². The number of hydrogen-bond donors (Lipinski definition) is 1. The van der Waals surface area contributed by atoms with Gasteiger partial charge in [-0.05, 0) is 111 Å². The molecule has 9 atom stereocenters. The van der Waals surface area contributed by atoms with Gasteiger partial charge in [0.15, 0.2) is 5.78 Å². The van der Waals surface area contributed by atoms with Crippen LogP contribution in [0, 0.1) is 56.2 Å². The van der Waals surface area contributed by atoms with E-state index >= 15 is 0 Å². The predicted molar refractivity (Wildman–Crippen MR) is 165 cm³/mol. The van der Waals surface area contributed by atoms with Gasteiger partial charge in [-0.25, -0.2) is 0 Å². The van der Waals surface area contributed by atoms with Crippen LogP contribution in [0.5, 0.6) is 0 Å². The van der Waals surface area contributed by atoms with Crippen LogP contribution in [0.25, 0.3) is 0 Å². The topological polar surface area (TPSA) is 93.2 Å². The summed E-state index contributed by atoms with van der Waals surface area (Å²) in [5.41, 5.74) is 1.71. The van der Waals surface area contributed by atoms with Crippen molar-refractivity contribution in [3.8, 4) is 0 Å². The van der Waals surface area contributed by atoms with Crippen molar-refractivity contribution < 1.29 is 29.0 Å². The normalized spacial score (nSPS) is 45.2. The molecule has 43 heavy (non-hydrogen) atoms. The minimum Gasteiger partial charge on any atom is -0.481 e. The molecule has 0 aromatic rings. The van der Waals surface area contributed by atoms with Crippen LogP contribution in [-0.4, -0.2) is 41.6 Å². The number of epoxide rings is 1. The smallest absolute Gasteiger partial charge is 0.309 e. The highest BCUT2D eigenvalue weighted by molar-refractivity contribution is 6.01. The van der Waals surface area contributed by atoms with E-state index in [1.54, 1.807) is 13.8 Å². The fraction of sp³-hybridized carbons (Fsp3) is 0.865. The van der Waals surface area contributed by atoms with E-state index in [1.165, 1.54) is 12.0 Å². The summed E-state index contributed by atoms with van der Waals surface area (Å²) in [7, 11) is 0. The standard InChI is InChI=1S/C37H56O6/c1-21(2)29-23(38)18-37(27-20-42-27)17-16-35(8)22(30(29)37)10-11-25-34(7)14-13-26(43-28(39)19-32(3,4)31(40)41)33(5,6)24(34)12-15-36(25,35)9/h21-22,24-27H,10-20H2,1-9H3,(H,40,41)/t22-,24+,25-,26+,27+,34+,35-,36-,37+/m1/s1. The number of carbonyl (C=O) groups excluding carboxylic acids is 2. The molecule has 1 aliphatic heterocycles. The molecular weight excluding hydrogens is 540 g/mol. The van der Waals surface area contributed by atoms with E-state index in [4.69, 9.17) is 9.47 Å². The van der Waals surface area contributed by atoms with E-state index in [9.17, 15) is 19.5 Å². The van der Waals surface area contributed by atoms with E-state index < -0.39 is 17.4 Å². The quantitative estimate of drug-likeness (QED) is 0.249. The molecule has 1 heterocycles. The van der Waals surface area contributed by atoms with Crippen molar-refractivity contribution >= 4 is 17.7 Å². The molecule has 0 unspecified atom stereocenters. The molecule has 6 heteroatoms. The number of rotatable bonds is 6. The van der Waals surface area contributed by atoms with Crippen LogP contribution in [-0.2, 0) is 23.9 Å². The van der Waals surface area contributed by atoms with Crippen molar-refractivity contribution in [2.45, 2.75) is 139 Å². The molecule has 0 spiro atoms. The first kappa shape index (κ1) is 31.3. The molecule has 1 N–H and O–H groups in total. The minimum atomic E-state index is -1.14. The zero-order valence-electron chi connectivity index (χ0n) is 28.2. The number of hydrogen-bond acceptors (Lipinski definition) is 5. The van der Waals surface area contributed by atoms with Gasteiger partial charge in [0.25, 0.3) is 0 Å². The SMILES string of the molecule is CC(C)C1=C2[C@H]3CC[C@@H]4[C@@]5(C)CC[C@H](OC(=O)CC(C)(C)C(=O)O)C(C)(C)[C@@H]5CC[C@@]4(C)[C@]3(C)CC[C@@]2([C@@H]2CO2)CC1=O. The number of ketones is 1. The van der Waals surface area contributed by atoms with Gasteiger partial charge < -0.3 is 14.6 Å². The zero-order valence-corrected chi connectivity index (χ0v) is 28.2. The lowest BCUT2D eigenvalue weighted by Gasteiger charge is -2.72. The third kappa shape index (κ3) is 4.23. The Balaban J connectivity index is 1.29. The molecule has 4 saturated carbocycles. The van der Waals surface area contributed by atoms with Gasteiger partial charge in [-0.2, -0.15) is 0 Å². The first-order chi connectivity index (χ1) is 19.8. The number of Topliss-reactive ketones (excluding diaryl/α,β-unsaturated/α-hetero) is 1. The Morgan fingerprint density at radius 1 is 0.953 bits per heavy atom. The summed E-state index contributed by atoms with van der Waals surface area (Å²) < 4.78 is 12.1. The largest absolute Gasteiger partial charge is 0.481 e. The second kappa shape index (κ2) is 9.66. The van der Waals surface area contributed by atoms with Gasteiger partial charge in [-0.15, -0.1) is 0 Å². The Hall–Kier alpha value is -1.69. The molecule has 0 bridgehead atoms. The molecule has 1 saturated heterocycles. The van der Waals surface area contributed by atoms with Gasteiger partial charge in [-0.1, -0.05) is 54.0 Å². The maximum atomic E-state index is 13.6. The maximum absolute atomic E-state index is 13.6. The molecular formula is C37H56O6. The first-order valence-electron chi connectivity index (χ1n) is 17.2. The molecule has 0 aromatic heterocycles. The van der Waals surface area contributed by atoms with Gasteiger partial charge in [-0.3, -0.25) is 14.4 Å². The maximum Gasteiger partial charge on any atom is 0.309 e. The van der Waals surface area contributed by atoms with Gasteiger partial charge >= 0.3 is 11.9 Å². The minimum absolute atomic E-state index is 0.0652. The highest BCUT2D eigenvalue weighted by Gasteiger charge is 2.71. The highest BCUT2D eigenvalue weighted by Crippen LogP contribution is 2.77. The number of carboxylic acid groups (broad SMARTS) is 1. The van der Waals surface area contributed by atoms with Crippen molar-refractivity contribution in [1.82, 2.24) is 0 Å². The highest BCUT2D eigenvalue weighted by atomic mass is 16.6. The lowest BCUT2D eigenvalue weighted by atomic mass is 9.33. The van der Waals surface area contributed by atoms with E-state index in [-0.39, 0.29) is 51.6 Å². The van der Waals surface area contributed by atoms with Crippen molar-refractivity contribution in [1.29, 1.82) is 0 Å². The van der Waals surface area contributed by atoms with E-state index in [0.29, 0.717) is 30.0 Å². The molecule has 240 valence electrons. The molecule has 6 rings (SSSR count). The molecule has 0 radical (unpaired) electrons. The molecule has 5 aliphatic carbocycles. The van der Waals surface area contributed by atoms with Crippen molar-refractivity contribution in [3.63, 3.8) is 0 Å². The fourth-order valence-electron chi connectivity index (χ4n) is 12.3. The fourth-order valence-corrected chi connectivity index (χ4v) is 12.3. The number of ether oxygens (including phenoxy) is 2. The Morgan fingerprint density at radius 3 is 2.23 bits per heavy atom. The summed E-state index contributed by atoms with van der Waals surface area (Å²) in [6.07, 6.45) is 9.26. The monoisotopic (exact) mass is 596 g/mol. The van der Waals surface area contributed by atoms with E-state index in [1.807, 2.05) is 0 Å². The van der Waals surface area contributed by atoms with Crippen LogP contribution in [0.15, 0.2) is 11.1 Å². The molecule has 6 nitrogen and oxygen atoms in total. The average Bonchev–Trinajstić information content (AvgIpc) is 3.69. The zero-order chi connectivity index (χ0) is 31.5. The van der Waals surface area contributed by atoms with Gasteiger partial charge in [0.05, 0.1) is 24.5 Å². The van der Waals surface area contributed by atoms with Gasteiger partial charge in [0.1, 0.15) is 6.10 Å². The van der Waals surface area contributed by atoms with Crippen LogP contribution in [0.2, 0.25) is 0 Å². The Morgan fingerprint density at radius 2 is 1.63 bits per heavy atom. The number of carbonyl (C=O) groups is 3. The van der Waals surface area contributed by atoms with Crippen LogP contribution in [0.1, 0.15) is 127 Å².